The van der Waals surface area contributed by atoms with Crippen LogP contribution in [0.3, 0.4) is 0 Å². The summed E-state index contributed by atoms with van der Waals surface area (Å²) in [6.07, 6.45) is -1.81. The fraction of sp³-hybridized carbons (Fsp3) is 0.750. The number of carbonyl (C=O) groups excluding carboxylic acids is 2. The SMILES string of the molecule is C=CCO[C@@H]1O[C@@H]2COC(C)(C)O[C@H]2[C@H](OC(C)=O)[C@H]1NC(=O)C(Cl)(Cl)Cl. The zero-order chi connectivity index (χ0) is 20.4. The molecule has 1 amide bonds. The number of rotatable bonds is 5. The first kappa shape index (κ1) is 22.7. The van der Waals surface area contributed by atoms with Crippen molar-refractivity contribution in [2.45, 2.75) is 61.0 Å². The van der Waals surface area contributed by atoms with Crippen molar-refractivity contribution in [1.82, 2.24) is 5.32 Å². The zero-order valence-corrected chi connectivity index (χ0v) is 17.3. The van der Waals surface area contributed by atoms with Crippen LogP contribution in [0.2, 0.25) is 0 Å². The topological polar surface area (TPSA) is 92.3 Å². The van der Waals surface area contributed by atoms with Crippen LogP contribution in [0.4, 0.5) is 0 Å². The Balaban J connectivity index is 2.34. The summed E-state index contributed by atoms with van der Waals surface area (Å²) in [4.78, 5) is 23.9. The van der Waals surface area contributed by atoms with Gasteiger partial charge in [0.1, 0.15) is 18.2 Å². The van der Waals surface area contributed by atoms with E-state index in [2.05, 4.69) is 11.9 Å². The number of nitrogens with one attached hydrogen (secondary N) is 1. The molecule has 2 aliphatic heterocycles. The minimum Gasteiger partial charge on any atom is -0.457 e. The molecular formula is C16H22Cl3NO7. The van der Waals surface area contributed by atoms with E-state index in [1.165, 1.54) is 13.0 Å². The van der Waals surface area contributed by atoms with E-state index in [1.807, 2.05) is 0 Å². The largest absolute Gasteiger partial charge is 0.457 e. The molecule has 0 saturated carbocycles. The van der Waals surface area contributed by atoms with Gasteiger partial charge in [-0.25, -0.2) is 0 Å². The molecule has 8 nitrogen and oxygen atoms in total. The summed E-state index contributed by atoms with van der Waals surface area (Å²) in [5, 5.41) is 2.52. The summed E-state index contributed by atoms with van der Waals surface area (Å²) in [6.45, 7) is 8.52. The molecule has 0 spiro atoms. The third-order valence-electron chi connectivity index (χ3n) is 3.90. The van der Waals surface area contributed by atoms with E-state index >= 15 is 0 Å². The second-order valence-electron chi connectivity index (χ2n) is 6.53. The van der Waals surface area contributed by atoms with Crippen molar-refractivity contribution in [2.75, 3.05) is 13.2 Å². The molecule has 154 valence electrons. The molecule has 27 heavy (non-hydrogen) atoms. The molecule has 0 bridgehead atoms. The first-order valence-corrected chi connectivity index (χ1v) is 9.32. The van der Waals surface area contributed by atoms with Crippen LogP contribution in [0.5, 0.6) is 0 Å². The summed E-state index contributed by atoms with van der Waals surface area (Å²) in [5.74, 6) is -2.44. The second kappa shape index (κ2) is 8.82. The van der Waals surface area contributed by atoms with E-state index in [0.29, 0.717) is 0 Å². The van der Waals surface area contributed by atoms with Crippen LogP contribution < -0.4 is 5.32 Å². The number of fused-ring (bicyclic) bond motifs is 1. The predicted molar refractivity (Wildman–Crippen MR) is 97.5 cm³/mol. The lowest BCUT2D eigenvalue weighted by atomic mass is 9.95. The average molecular weight is 447 g/mol. The molecule has 0 radical (unpaired) electrons. The Hall–Kier alpha value is -0.610. The van der Waals surface area contributed by atoms with Gasteiger partial charge in [-0.3, -0.25) is 9.59 Å². The molecule has 0 unspecified atom stereocenters. The number of halogens is 3. The summed E-state index contributed by atoms with van der Waals surface area (Å²) in [5.41, 5.74) is 0. The van der Waals surface area contributed by atoms with Crippen LogP contribution in [0, 0.1) is 0 Å². The van der Waals surface area contributed by atoms with E-state index in [0.717, 1.165) is 0 Å². The van der Waals surface area contributed by atoms with Gasteiger partial charge in [0, 0.05) is 6.92 Å². The minimum atomic E-state index is -2.23. The van der Waals surface area contributed by atoms with Crippen molar-refractivity contribution in [1.29, 1.82) is 0 Å². The van der Waals surface area contributed by atoms with Gasteiger partial charge in [0.25, 0.3) is 9.70 Å². The van der Waals surface area contributed by atoms with E-state index in [-0.39, 0.29) is 13.2 Å². The first-order valence-electron chi connectivity index (χ1n) is 8.19. The molecule has 11 heteroatoms. The highest BCUT2D eigenvalue weighted by molar-refractivity contribution is 6.76. The Morgan fingerprint density at radius 2 is 2.04 bits per heavy atom. The van der Waals surface area contributed by atoms with Crippen molar-refractivity contribution < 1.29 is 33.3 Å². The second-order valence-corrected chi connectivity index (χ2v) is 8.81. The number of ether oxygens (including phenoxy) is 5. The highest BCUT2D eigenvalue weighted by Gasteiger charge is 2.54. The van der Waals surface area contributed by atoms with Gasteiger partial charge in [0.2, 0.25) is 0 Å². The fourth-order valence-corrected chi connectivity index (χ4v) is 3.01. The van der Waals surface area contributed by atoms with Crippen LogP contribution in [-0.2, 0) is 33.3 Å². The van der Waals surface area contributed by atoms with Crippen LogP contribution >= 0.6 is 34.8 Å². The number of amides is 1. The van der Waals surface area contributed by atoms with Gasteiger partial charge in [-0.05, 0) is 13.8 Å². The molecule has 0 aromatic heterocycles. The molecule has 5 atom stereocenters. The molecule has 1 N–H and O–H groups in total. The van der Waals surface area contributed by atoms with Crippen molar-refractivity contribution in [3.05, 3.63) is 12.7 Å². The molecule has 0 aromatic carbocycles. The van der Waals surface area contributed by atoms with E-state index in [1.54, 1.807) is 13.8 Å². The third-order valence-corrected chi connectivity index (χ3v) is 4.41. The Morgan fingerprint density at radius 3 is 2.59 bits per heavy atom. The molecule has 2 rings (SSSR count). The maximum Gasteiger partial charge on any atom is 0.303 e. The summed E-state index contributed by atoms with van der Waals surface area (Å²) in [7, 11) is 0. The van der Waals surface area contributed by atoms with Gasteiger partial charge in [-0.2, -0.15) is 0 Å². The lowest BCUT2D eigenvalue weighted by Gasteiger charge is -2.50. The lowest BCUT2D eigenvalue weighted by Crippen LogP contribution is -2.69. The first-order chi connectivity index (χ1) is 12.4. The monoisotopic (exact) mass is 445 g/mol. The quantitative estimate of drug-likeness (QED) is 0.391. The van der Waals surface area contributed by atoms with E-state index < -0.39 is 52.1 Å². The van der Waals surface area contributed by atoms with Crippen molar-refractivity contribution in [2.24, 2.45) is 0 Å². The Labute approximate surface area is 172 Å². The number of hydrogen-bond donors (Lipinski definition) is 1. The van der Waals surface area contributed by atoms with Crippen molar-refractivity contribution in [3.63, 3.8) is 0 Å². The summed E-state index contributed by atoms with van der Waals surface area (Å²) >= 11 is 17.0. The van der Waals surface area contributed by atoms with Gasteiger partial charge in [0.15, 0.2) is 18.2 Å². The van der Waals surface area contributed by atoms with Gasteiger partial charge >= 0.3 is 5.97 Å². The van der Waals surface area contributed by atoms with Gasteiger partial charge in [-0.1, -0.05) is 40.9 Å². The molecule has 0 aromatic rings. The number of carbonyl (C=O) groups is 2. The van der Waals surface area contributed by atoms with Crippen LogP contribution in [-0.4, -0.2) is 65.3 Å². The minimum absolute atomic E-state index is 0.113. The third kappa shape index (κ3) is 5.93. The summed E-state index contributed by atoms with van der Waals surface area (Å²) < 4.78 is 26.2. The molecule has 2 saturated heterocycles. The maximum atomic E-state index is 12.2. The van der Waals surface area contributed by atoms with E-state index in [9.17, 15) is 9.59 Å². The van der Waals surface area contributed by atoms with Crippen LogP contribution in [0.15, 0.2) is 12.7 Å². The Kier molecular flexibility index (Phi) is 7.40. The number of hydrogen-bond acceptors (Lipinski definition) is 7. The standard InChI is InChI=1S/C16H22Cl3NO7/c1-5-6-23-13-10(20-14(22)16(17,18)19)12(25-8(2)21)11-9(26-13)7-24-15(3,4)27-11/h5,9-13H,1,6-7H2,2-4H3,(H,20,22)/t9-,10-,11-,12-,13-/m1/s1. The highest BCUT2D eigenvalue weighted by Crippen LogP contribution is 2.35. The number of esters is 1. The molecule has 2 fully saturated rings. The maximum absolute atomic E-state index is 12.2. The van der Waals surface area contributed by atoms with Gasteiger partial charge in [0.05, 0.1) is 13.2 Å². The lowest BCUT2D eigenvalue weighted by molar-refractivity contribution is -0.368. The van der Waals surface area contributed by atoms with Crippen LogP contribution in [0.1, 0.15) is 20.8 Å². The normalized spacial score (nSPS) is 32.9. The van der Waals surface area contributed by atoms with Crippen LogP contribution in [0.25, 0.3) is 0 Å². The molecular weight excluding hydrogens is 425 g/mol. The van der Waals surface area contributed by atoms with Crippen molar-refractivity contribution >= 4 is 46.7 Å². The number of alkyl halides is 3. The molecule has 0 aliphatic carbocycles. The van der Waals surface area contributed by atoms with Gasteiger partial charge < -0.3 is 29.0 Å². The Bertz CT molecular complexity index is 581. The Morgan fingerprint density at radius 1 is 1.37 bits per heavy atom. The predicted octanol–water partition coefficient (Wildman–Crippen LogP) is 1.85. The zero-order valence-electron chi connectivity index (χ0n) is 15.1. The smallest absolute Gasteiger partial charge is 0.303 e. The molecule has 2 aliphatic rings. The molecule has 2 heterocycles. The van der Waals surface area contributed by atoms with Gasteiger partial charge in [-0.15, -0.1) is 6.58 Å². The highest BCUT2D eigenvalue weighted by atomic mass is 35.6. The summed E-state index contributed by atoms with van der Waals surface area (Å²) in [6, 6.07) is -0.993. The van der Waals surface area contributed by atoms with E-state index in [4.69, 9.17) is 58.5 Å². The fourth-order valence-electron chi connectivity index (χ4n) is 2.85. The van der Waals surface area contributed by atoms with Crippen molar-refractivity contribution in [3.8, 4) is 0 Å². The average Bonchev–Trinajstić information content (AvgIpc) is 2.53.